The van der Waals surface area contributed by atoms with Gasteiger partial charge in [-0.3, -0.25) is 14.9 Å². The zero-order valence-corrected chi connectivity index (χ0v) is 12.4. The topological polar surface area (TPSA) is 89.5 Å². The summed E-state index contributed by atoms with van der Waals surface area (Å²) in [7, 11) is 0. The number of benzene rings is 1. The van der Waals surface area contributed by atoms with Crippen LogP contribution in [0.2, 0.25) is 0 Å². The first kappa shape index (κ1) is 15.4. The lowest BCUT2D eigenvalue weighted by atomic mass is 9.90. The van der Waals surface area contributed by atoms with Crippen LogP contribution in [0.4, 0.5) is 5.69 Å². The number of carbonyl (C=O) groups excluding carboxylic acids is 1. The second-order valence-corrected chi connectivity index (χ2v) is 5.70. The molecular weight excluding hydrogens is 270 g/mol. The fourth-order valence-electron chi connectivity index (χ4n) is 3.00. The summed E-state index contributed by atoms with van der Waals surface area (Å²) >= 11 is 0. The van der Waals surface area contributed by atoms with Crippen molar-refractivity contribution in [2.75, 3.05) is 13.1 Å². The highest BCUT2D eigenvalue weighted by molar-refractivity contribution is 5.98. The second-order valence-electron chi connectivity index (χ2n) is 5.70. The van der Waals surface area contributed by atoms with E-state index >= 15 is 0 Å². The first-order chi connectivity index (χ1) is 9.95. The fraction of sp³-hybridized carbons (Fsp3) is 0.533. The van der Waals surface area contributed by atoms with E-state index in [0.29, 0.717) is 19.0 Å². The first-order valence-corrected chi connectivity index (χ1v) is 7.21. The number of nitro groups is 1. The average molecular weight is 291 g/mol. The van der Waals surface area contributed by atoms with E-state index in [4.69, 9.17) is 5.73 Å². The van der Waals surface area contributed by atoms with Gasteiger partial charge >= 0.3 is 0 Å². The Bertz CT molecular complexity index is 559. The molecular formula is C15H21N3O3. The number of likely N-dealkylation sites (tertiary alicyclic amines) is 1. The van der Waals surface area contributed by atoms with E-state index in [-0.39, 0.29) is 23.2 Å². The molecule has 1 aliphatic heterocycles. The van der Waals surface area contributed by atoms with Crippen molar-refractivity contribution in [3.8, 4) is 0 Å². The molecule has 0 aliphatic carbocycles. The van der Waals surface area contributed by atoms with E-state index in [1.54, 1.807) is 17.0 Å². The highest BCUT2D eigenvalue weighted by atomic mass is 16.6. The van der Waals surface area contributed by atoms with Gasteiger partial charge in [0, 0.05) is 25.2 Å². The molecule has 0 aromatic heterocycles. The number of piperidine rings is 1. The van der Waals surface area contributed by atoms with Crippen LogP contribution >= 0.6 is 0 Å². The van der Waals surface area contributed by atoms with Gasteiger partial charge in [-0.05, 0) is 37.3 Å². The second kappa shape index (κ2) is 6.22. The van der Waals surface area contributed by atoms with Crippen molar-refractivity contribution in [3.63, 3.8) is 0 Å². The molecule has 1 saturated heterocycles. The van der Waals surface area contributed by atoms with Crippen LogP contribution < -0.4 is 5.73 Å². The number of nitrogens with two attached hydrogens (primary N) is 1. The molecule has 6 heteroatoms. The SMILES string of the molecule is Cc1ccc([N+](=O)[O-])c(C(=O)N2CCCC(C)C2CN)c1. The van der Waals surface area contributed by atoms with E-state index in [9.17, 15) is 14.9 Å². The normalized spacial score (nSPS) is 22.1. The quantitative estimate of drug-likeness (QED) is 0.682. The molecule has 0 saturated carbocycles. The summed E-state index contributed by atoms with van der Waals surface area (Å²) in [5, 5.41) is 11.1. The Morgan fingerprint density at radius 3 is 2.86 bits per heavy atom. The molecule has 21 heavy (non-hydrogen) atoms. The summed E-state index contributed by atoms with van der Waals surface area (Å²) in [6.45, 7) is 4.88. The maximum absolute atomic E-state index is 12.8. The van der Waals surface area contributed by atoms with Gasteiger partial charge in [-0.25, -0.2) is 0 Å². The third-order valence-corrected chi connectivity index (χ3v) is 4.20. The molecule has 1 aromatic rings. The number of rotatable bonds is 3. The summed E-state index contributed by atoms with van der Waals surface area (Å²) in [4.78, 5) is 25.1. The Labute approximate surface area is 124 Å². The molecule has 2 N–H and O–H groups in total. The molecule has 1 amide bonds. The number of nitro benzene ring substituents is 1. The summed E-state index contributed by atoms with van der Waals surface area (Å²) in [6.07, 6.45) is 1.94. The molecule has 0 spiro atoms. The predicted molar refractivity (Wildman–Crippen MR) is 80.1 cm³/mol. The number of hydrogen-bond donors (Lipinski definition) is 1. The van der Waals surface area contributed by atoms with Crippen LogP contribution in [0.25, 0.3) is 0 Å². The lowest BCUT2D eigenvalue weighted by Crippen LogP contribution is -2.51. The van der Waals surface area contributed by atoms with Gasteiger partial charge in [0.2, 0.25) is 0 Å². The fourth-order valence-corrected chi connectivity index (χ4v) is 3.00. The van der Waals surface area contributed by atoms with Gasteiger partial charge in [0.05, 0.1) is 4.92 Å². The molecule has 2 unspecified atom stereocenters. The minimum Gasteiger partial charge on any atom is -0.334 e. The van der Waals surface area contributed by atoms with Crippen LogP contribution in [-0.2, 0) is 0 Å². The van der Waals surface area contributed by atoms with Crippen LogP contribution in [0.5, 0.6) is 0 Å². The van der Waals surface area contributed by atoms with Crippen molar-refractivity contribution >= 4 is 11.6 Å². The summed E-state index contributed by atoms with van der Waals surface area (Å²) in [5.74, 6) is 0.0314. The maximum Gasteiger partial charge on any atom is 0.282 e. The van der Waals surface area contributed by atoms with E-state index in [1.807, 2.05) is 6.92 Å². The molecule has 2 atom stereocenters. The highest BCUT2D eigenvalue weighted by Crippen LogP contribution is 2.27. The van der Waals surface area contributed by atoms with Crippen molar-refractivity contribution in [1.82, 2.24) is 4.90 Å². The van der Waals surface area contributed by atoms with Crippen LogP contribution in [0.1, 0.15) is 35.7 Å². The van der Waals surface area contributed by atoms with E-state index in [0.717, 1.165) is 18.4 Å². The molecule has 0 radical (unpaired) electrons. The first-order valence-electron chi connectivity index (χ1n) is 7.21. The van der Waals surface area contributed by atoms with Gasteiger partial charge in [-0.2, -0.15) is 0 Å². The van der Waals surface area contributed by atoms with Crippen molar-refractivity contribution in [3.05, 3.63) is 39.4 Å². The maximum atomic E-state index is 12.8. The smallest absolute Gasteiger partial charge is 0.282 e. The van der Waals surface area contributed by atoms with Crippen molar-refractivity contribution in [2.24, 2.45) is 11.7 Å². The van der Waals surface area contributed by atoms with Gasteiger partial charge < -0.3 is 10.6 Å². The number of nitrogens with zero attached hydrogens (tertiary/aromatic N) is 2. The van der Waals surface area contributed by atoms with Gasteiger partial charge in [-0.15, -0.1) is 0 Å². The molecule has 6 nitrogen and oxygen atoms in total. The number of carbonyl (C=O) groups is 1. The number of amides is 1. The lowest BCUT2D eigenvalue weighted by molar-refractivity contribution is -0.385. The minimum absolute atomic E-state index is 0.0497. The van der Waals surface area contributed by atoms with Gasteiger partial charge in [0.1, 0.15) is 5.56 Å². The Morgan fingerprint density at radius 2 is 2.24 bits per heavy atom. The molecule has 1 aromatic carbocycles. The van der Waals surface area contributed by atoms with E-state index < -0.39 is 4.92 Å². The summed E-state index contributed by atoms with van der Waals surface area (Å²) < 4.78 is 0. The van der Waals surface area contributed by atoms with Crippen molar-refractivity contribution in [1.29, 1.82) is 0 Å². The van der Waals surface area contributed by atoms with Gasteiger partial charge in [-0.1, -0.05) is 13.0 Å². The number of aryl methyl sites for hydroxylation is 1. The number of hydrogen-bond acceptors (Lipinski definition) is 4. The Balaban J connectivity index is 2.39. The molecule has 114 valence electrons. The molecule has 1 fully saturated rings. The Kier molecular flexibility index (Phi) is 4.57. The van der Waals surface area contributed by atoms with Gasteiger partial charge in [0.25, 0.3) is 11.6 Å². The molecule has 1 aliphatic rings. The monoisotopic (exact) mass is 291 g/mol. The standard InChI is InChI=1S/C15H21N3O3/c1-10-5-6-13(18(20)21)12(8-10)15(19)17-7-3-4-11(2)14(17)9-16/h5-6,8,11,14H,3-4,7,9,16H2,1-2H3. The zero-order valence-electron chi connectivity index (χ0n) is 12.4. The highest BCUT2D eigenvalue weighted by Gasteiger charge is 2.34. The molecule has 0 bridgehead atoms. The van der Waals surface area contributed by atoms with Crippen LogP contribution in [0.3, 0.4) is 0 Å². The molecule has 1 heterocycles. The van der Waals surface area contributed by atoms with E-state index in [2.05, 4.69) is 6.92 Å². The average Bonchev–Trinajstić information content (AvgIpc) is 2.45. The van der Waals surface area contributed by atoms with Crippen molar-refractivity contribution in [2.45, 2.75) is 32.7 Å². The van der Waals surface area contributed by atoms with Crippen LogP contribution in [0.15, 0.2) is 18.2 Å². The Morgan fingerprint density at radius 1 is 1.52 bits per heavy atom. The summed E-state index contributed by atoms with van der Waals surface area (Å²) in [6, 6.07) is 4.58. The summed E-state index contributed by atoms with van der Waals surface area (Å²) in [5.41, 5.74) is 6.65. The third-order valence-electron chi connectivity index (χ3n) is 4.20. The lowest BCUT2D eigenvalue weighted by Gasteiger charge is -2.39. The zero-order chi connectivity index (χ0) is 15.6. The van der Waals surface area contributed by atoms with Gasteiger partial charge in [0.15, 0.2) is 0 Å². The van der Waals surface area contributed by atoms with Crippen LogP contribution in [0, 0.1) is 23.0 Å². The van der Waals surface area contributed by atoms with E-state index in [1.165, 1.54) is 6.07 Å². The largest absolute Gasteiger partial charge is 0.334 e. The Hall–Kier alpha value is -1.95. The molecule has 2 rings (SSSR count). The predicted octanol–water partition coefficient (Wildman–Crippen LogP) is 2.10. The van der Waals surface area contributed by atoms with Crippen LogP contribution in [-0.4, -0.2) is 34.9 Å². The van der Waals surface area contributed by atoms with Crippen molar-refractivity contribution < 1.29 is 9.72 Å². The minimum atomic E-state index is -0.502. The third kappa shape index (κ3) is 3.05.